The van der Waals surface area contributed by atoms with Crippen molar-refractivity contribution >= 4 is 11.8 Å². The van der Waals surface area contributed by atoms with Crippen LogP contribution in [-0.2, 0) is 0 Å². The fraction of sp³-hybridized carbons (Fsp3) is 0.455. The standard InChI is InChI=1S/C11H14OS/c1-8-5-6-13-11-4-3-9(12-2)7-10(8)11/h3-4,7-8H,5-6H2,1-2H3. The van der Waals surface area contributed by atoms with Crippen LogP contribution in [0.1, 0.15) is 24.8 Å². The lowest BCUT2D eigenvalue weighted by molar-refractivity contribution is 0.413. The maximum absolute atomic E-state index is 5.22. The van der Waals surface area contributed by atoms with Crippen LogP contribution < -0.4 is 4.74 Å². The Morgan fingerprint density at radius 3 is 3.08 bits per heavy atom. The van der Waals surface area contributed by atoms with Crippen molar-refractivity contribution in [1.29, 1.82) is 0 Å². The van der Waals surface area contributed by atoms with E-state index in [9.17, 15) is 0 Å². The molecule has 0 spiro atoms. The van der Waals surface area contributed by atoms with Gasteiger partial charge in [-0.3, -0.25) is 0 Å². The molecule has 70 valence electrons. The minimum absolute atomic E-state index is 0.686. The van der Waals surface area contributed by atoms with E-state index in [1.165, 1.54) is 22.6 Å². The molecule has 0 saturated carbocycles. The van der Waals surface area contributed by atoms with Crippen molar-refractivity contribution in [2.45, 2.75) is 24.2 Å². The third-order valence-electron chi connectivity index (χ3n) is 2.56. The summed E-state index contributed by atoms with van der Waals surface area (Å²) in [6, 6.07) is 6.39. The predicted octanol–water partition coefficient (Wildman–Crippen LogP) is 3.29. The van der Waals surface area contributed by atoms with Gasteiger partial charge in [-0.1, -0.05) is 6.92 Å². The van der Waals surface area contributed by atoms with Gasteiger partial charge in [-0.2, -0.15) is 0 Å². The van der Waals surface area contributed by atoms with Gasteiger partial charge in [0.15, 0.2) is 0 Å². The molecule has 1 aromatic rings. The van der Waals surface area contributed by atoms with Crippen molar-refractivity contribution in [2.75, 3.05) is 12.9 Å². The fourth-order valence-electron chi connectivity index (χ4n) is 1.67. The molecule has 0 aliphatic carbocycles. The third-order valence-corrected chi connectivity index (χ3v) is 3.68. The van der Waals surface area contributed by atoms with Gasteiger partial charge in [-0.25, -0.2) is 0 Å². The van der Waals surface area contributed by atoms with Gasteiger partial charge < -0.3 is 4.74 Å². The monoisotopic (exact) mass is 194 g/mol. The maximum Gasteiger partial charge on any atom is 0.119 e. The van der Waals surface area contributed by atoms with Crippen LogP contribution in [0.5, 0.6) is 5.75 Å². The van der Waals surface area contributed by atoms with E-state index in [0.717, 1.165) is 5.75 Å². The smallest absolute Gasteiger partial charge is 0.119 e. The minimum atomic E-state index is 0.686. The first-order valence-electron chi connectivity index (χ1n) is 4.62. The Bertz CT molecular complexity index is 309. The van der Waals surface area contributed by atoms with E-state index in [1.54, 1.807) is 7.11 Å². The zero-order valence-electron chi connectivity index (χ0n) is 8.04. The van der Waals surface area contributed by atoms with Crippen LogP contribution in [0.2, 0.25) is 0 Å². The van der Waals surface area contributed by atoms with Crippen LogP contribution in [-0.4, -0.2) is 12.9 Å². The summed E-state index contributed by atoms with van der Waals surface area (Å²) in [5, 5.41) is 0. The lowest BCUT2D eigenvalue weighted by Crippen LogP contribution is -2.03. The van der Waals surface area contributed by atoms with Gasteiger partial charge >= 0.3 is 0 Å². The summed E-state index contributed by atoms with van der Waals surface area (Å²) < 4.78 is 5.22. The normalized spacial score (nSPS) is 20.9. The van der Waals surface area contributed by atoms with Crippen LogP contribution in [0.25, 0.3) is 0 Å². The number of ether oxygens (including phenoxy) is 1. The molecule has 1 atom stereocenters. The van der Waals surface area contributed by atoms with E-state index < -0.39 is 0 Å². The Hall–Kier alpha value is -0.630. The Kier molecular flexibility index (Phi) is 2.49. The van der Waals surface area contributed by atoms with Gasteiger partial charge in [0.2, 0.25) is 0 Å². The van der Waals surface area contributed by atoms with Gasteiger partial charge in [-0.05, 0) is 41.9 Å². The highest BCUT2D eigenvalue weighted by Gasteiger charge is 2.16. The quantitative estimate of drug-likeness (QED) is 0.678. The fourth-order valence-corrected chi connectivity index (χ4v) is 2.95. The molecule has 0 radical (unpaired) electrons. The first kappa shape index (κ1) is 8.95. The van der Waals surface area contributed by atoms with E-state index in [2.05, 4.69) is 19.1 Å². The molecular weight excluding hydrogens is 180 g/mol. The van der Waals surface area contributed by atoms with Crippen LogP contribution in [0.4, 0.5) is 0 Å². The van der Waals surface area contributed by atoms with Crippen molar-refractivity contribution in [3.05, 3.63) is 23.8 Å². The Morgan fingerprint density at radius 1 is 1.46 bits per heavy atom. The average molecular weight is 194 g/mol. The summed E-state index contributed by atoms with van der Waals surface area (Å²) in [6.45, 7) is 2.29. The molecule has 2 heteroatoms. The summed E-state index contributed by atoms with van der Waals surface area (Å²) in [4.78, 5) is 1.43. The molecule has 0 bridgehead atoms. The van der Waals surface area contributed by atoms with Crippen molar-refractivity contribution in [3.63, 3.8) is 0 Å². The van der Waals surface area contributed by atoms with Crippen LogP contribution in [0, 0.1) is 0 Å². The molecule has 0 fully saturated rings. The second-order valence-corrected chi connectivity index (χ2v) is 4.58. The highest BCUT2D eigenvalue weighted by molar-refractivity contribution is 7.99. The van der Waals surface area contributed by atoms with E-state index in [4.69, 9.17) is 4.74 Å². The van der Waals surface area contributed by atoms with Gasteiger partial charge in [-0.15, -0.1) is 11.8 Å². The van der Waals surface area contributed by atoms with Gasteiger partial charge in [0, 0.05) is 4.90 Å². The second kappa shape index (κ2) is 3.62. The van der Waals surface area contributed by atoms with Crippen LogP contribution >= 0.6 is 11.8 Å². The van der Waals surface area contributed by atoms with Crippen molar-refractivity contribution < 1.29 is 4.74 Å². The molecular formula is C11H14OS. The zero-order valence-corrected chi connectivity index (χ0v) is 8.86. The largest absolute Gasteiger partial charge is 0.497 e. The molecule has 1 aliphatic rings. The first-order chi connectivity index (χ1) is 6.31. The molecule has 1 heterocycles. The number of benzene rings is 1. The topological polar surface area (TPSA) is 9.23 Å². The summed E-state index contributed by atoms with van der Waals surface area (Å²) in [5.74, 6) is 2.92. The summed E-state index contributed by atoms with van der Waals surface area (Å²) in [5.41, 5.74) is 1.45. The molecule has 1 aromatic carbocycles. The highest BCUT2D eigenvalue weighted by atomic mass is 32.2. The molecule has 0 amide bonds. The molecule has 1 nitrogen and oxygen atoms in total. The predicted molar refractivity (Wildman–Crippen MR) is 56.8 cm³/mol. The van der Waals surface area contributed by atoms with Crippen molar-refractivity contribution in [1.82, 2.24) is 0 Å². The molecule has 13 heavy (non-hydrogen) atoms. The molecule has 2 rings (SSSR count). The van der Waals surface area contributed by atoms with Crippen molar-refractivity contribution in [2.24, 2.45) is 0 Å². The number of thioether (sulfide) groups is 1. The van der Waals surface area contributed by atoms with E-state index in [-0.39, 0.29) is 0 Å². The zero-order chi connectivity index (χ0) is 9.26. The molecule has 1 unspecified atom stereocenters. The highest BCUT2D eigenvalue weighted by Crippen LogP contribution is 2.38. The van der Waals surface area contributed by atoms with E-state index in [0.29, 0.717) is 5.92 Å². The number of fused-ring (bicyclic) bond motifs is 1. The van der Waals surface area contributed by atoms with Crippen LogP contribution in [0.3, 0.4) is 0 Å². The Morgan fingerprint density at radius 2 is 2.31 bits per heavy atom. The molecule has 0 saturated heterocycles. The average Bonchev–Trinajstić information content (AvgIpc) is 2.18. The Labute approximate surface area is 83.5 Å². The van der Waals surface area contributed by atoms with Crippen molar-refractivity contribution in [3.8, 4) is 5.75 Å². The number of methoxy groups -OCH3 is 1. The SMILES string of the molecule is COc1ccc2c(c1)C(C)CCS2. The van der Waals surface area contributed by atoms with Gasteiger partial charge in [0.25, 0.3) is 0 Å². The number of hydrogen-bond donors (Lipinski definition) is 0. The molecule has 0 N–H and O–H groups in total. The summed E-state index contributed by atoms with van der Waals surface area (Å²) in [7, 11) is 1.72. The molecule has 0 aromatic heterocycles. The first-order valence-corrected chi connectivity index (χ1v) is 5.60. The maximum atomic E-state index is 5.22. The van der Waals surface area contributed by atoms with Gasteiger partial charge in [0.1, 0.15) is 5.75 Å². The lowest BCUT2D eigenvalue weighted by Gasteiger charge is -2.21. The van der Waals surface area contributed by atoms with Crippen LogP contribution in [0.15, 0.2) is 23.1 Å². The van der Waals surface area contributed by atoms with E-state index in [1.807, 2.05) is 17.8 Å². The lowest BCUT2D eigenvalue weighted by atomic mass is 9.98. The minimum Gasteiger partial charge on any atom is -0.497 e. The second-order valence-electron chi connectivity index (χ2n) is 3.44. The van der Waals surface area contributed by atoms with Gasteiger partial charge in [0.05, 0.1) is 7.11 Å². The molecule has 1 aliphatic heterocycles. The summed E-state index contributed by atoms with van der Waals surface area (Å²) >= 11 is 1.96. The third kappa shape index (κ3) is 1.68. The van der Waals surface area contributed by atoms with E-state index >= 15 is 0 Å². The number of rotatable bonds is 1. The summed E-state index contributed by atoms with van der Waals surface area (Å²) in [6.07, 6.45) is 1.28. The number of hydrogen-bond acceptors (Lipinski definition) is 2. The Balaban J connectivity index is 2.41.